The highest BCUT2D eigenvalue weighted by Crippen LogP contribution is 2.60. The zero-order chi connectivity index (χ0) is 28.8. The van der Waals surface area contributed by atoms with E-state index in [1.165, 1.54) is 47.9 Å². The van der Waals surface area contributed by atoms with Gasteiger partial charge in [0.05, 0.1) is 28.2 Å². The molecule has 4 aliphatic carbocycles. The number of amides is 2. The number of hydrogen-bond acceptors (Lipinski definition) is 7. The van der Waals surface area contributed by atoms with Crippen LogP contribution in [0.25, 0.3) is 15.9 Å². The summed E-state index contributed by atoms with van der Waals surface area (Å²) in [6, 6.07) is 14.1. The van der Waals surface area contributed by atoms with E-state index in [0.29, 0.717) is 40.4 Å². The van der Waals surface area contributed by atoms with Gasteiger partial charge in [0.25, 0.3) is 0 Å². The maximum Gasteiger partial charge on any atom is 0.236 e. The molecule has 218 valence electrons. The predicted octanol–water partition coefficient (Wildman–Crippen LogP) is 6.31. The van der Waals surface area contributed by atoms with Crippen molar-refractivity contribution in [3.63, 3.8) is 0 Å². The molecule has 8 nitrogen and oxygen atoms in total. The first-order valence-electron chi connectivity index (χ1n) is 15.0. The van der Waals surface area contributed by atoms with Crippen LogP contribution in [0.4, 0.5) is 5.13 Å². The second-order valence-electron chi connectivity index (χ2n) is 12.4. The number of rotatable bonds is 9. The average Bonchev–Trinajstić information content (AvgIpc) is 3.57. The lowest BCUT2D eigenvalue weighted by atomic mass is 9.49. The summed E-state index contributed by atoms with van der Waals surface area (Å²) in [5.74, 6) is 3.02. The van der Waals surface area contributed by atoms with Crippen molar-refractivity contribution >= 4 is 50.3 Å². The van der Waals surface area contributed by atoms with Gasteiger partial charge < -0.3 is 10.6 Å². The van der Waals surface area contributed by atoms with Gasteiger partial charge in [0, 0.05) is 5.41 Å². The topological polar surface area (TPSA) is 102 Å². The summed E-state index contributed by atoms with van der Waals surface area (Å²) in [5.41, 5.74) is 3.95. The van der Waals surface area contributed by atoms with Crippen LogP contribution in [0.5, 0.6) is 0 Å². The van der Waals surface area contributed by atoms with E-state index >= 15 is 0 Å². The van der Waals surface area contributed by atoms with Crippen LogP contribution >= 0.6 is 23.1 Å². The average molecular weight is 601 g/mol. The van der Waals surface area contributed by atoms with E-state index in [1.807, 2.05) is 28.8 Å². The monoisotopic (exact) mass is 600 g/mol. The van der Waals surface area contributed by atoms with Gasteiger partial charge in [0.15, 0.2) is 16.1 Å². The Balaban J connectivity index is 1.11. The normalized spacial score (nSPS) is 24.3. The molecule has 10 heteroatoms. The minimum Gasteiger partial charge on any atom is -0.348 e. The smallest absolute Gasteiger partial charge is 0.236 e. The van der Waals surface area contributed by atoms with Crippen molar-refractivity contribution in [3.8, 4) is 5.69 Å². The summed E-state index contributed by atoms with van der Waals surface area (Å²) >= 11 is 2.81. The highest BCUT2D eigenvalue weighted by Gasteiger charge is 2.54. The summed E-state index contributed by atoms with van der Waals surface area (Å²) in [7, 11) is 0. The molecular weight excluding hydrogens is 565 g/mol. The van der Waals surface area contributed by atoms with Crippen LogP contribution in [0.15, 0.2) is 47.6 Å². The van der Waals surface area contributed by atoms with Crippen LogP contribution in [0.1, 0.15) is 62.4 Å². The molecule has 4 saturated carbocycles. The molecule has 2 N–H and O–H groups in total. The Kier molecular flexibility index (Phi) is 7.30. The number of nitrogens with zero attached hydrogens (tertiary/aromatic N) is 4. The van der Waals surface area contributed by atoms with Gasteiger partial charge in [0.1, 0.15) is 0 Å². The predicted molar refractivity (Wildman–Crippen MR) is 167 cm³/mol. The quantitative estimate of drug-likeness (QED) is 0.218. The molecule has 4 bridgehead atoms. The Hall–Kier alpha value is -3.24. The van der Waals surface area contributed by atoms with Gasteiger partial charge in [-0.3, -0.25) is 14.2 Å². The largest absolute Gasteiger partial charge is 0.348 e. The van der Waals surface area contributed by atoms with E-state index in [1.54, 1.807) is 0 Å². The number of thioether (sulfide) groups is 1. The van der Waals surface area contributed by atoms with Crippen molar-refractivity contribution < 1.29 is 9.59 Å². The van der Waals surface area contributed by atoms with Crippen molar-refractivity contribution in [3.05, 3.63) is 59.4 Å². The van der Waals surface area contributed by atoms with Crippen molar-refractivity contribution in [1.82, 2.24) is 25.1 Å². The summed E-state index contributed by atoms with van der Waals surface area (Å²) in [6.45, 7) is 4.53. The van der Waals surface area contributed by atoms with Crippen molar-refractivity contribution in [1.29, 1.82) is 0 Å². The minimum absolute atomic E-state index is 0.147. The van der Waals surface area contributed by atoms with Crippen LogP contribution in [0.3, 0.4) is 0 Å². The summed E-state index contributed by atoms with van der Waals surface area (Å²) < 4.78 is 3.08. The fourth-order valence-corrected chi connectivity index (χ4v) is 9.64. The molecule has 0 aliphatic heterocycles. The molecule has 0 unspecified atom stereocenters. The molecule has 4 aliphatic rings. The molecule has 0 atom stereocenters. The van der Waals surface area contributed by atoms with E-state index in [-0.39, 0.29) is 23.0 Å². The first-order valence-corrected chi connectivity index (χ1v) is 16.8. The molecule has 0 spiro atoms. The SMILES string of the molecule is CCc1cccc(C)c1-n1c(CNC(=O)C23CC4CC(CC(C4)C2)C3)nnc1SCC(=O)Nc1nc2ccccc2s1. The fraction of sp³-hybridized carbons (Fsp3) is 0.469. The van der Waals surface area contributed by atoms with Crippen molar-refractivity contribution in [2.75, 3.05) is 11.1 Å². The Labute approximate surface area is 254 Å². The van der Waals surface area contributed by atoms with Gasteiger partial charge in [-0.05, 0) is 92.9 Å². The Morgan fingerprint density at radius 2 is 1.76 bits per heavy atom. The van der Waals surface area contributed by atoms with Crippen LogP contribution in [-0.4, -0.2) is 37.3 Å². The van der Waals surface area contributed by atoms with E-state index < -0.39 is 0 Å². The molecule has 2 amide bonds. The van der Waals surface area contributed by atoms with Crippen molar-refractivity contribution in [2.24, 2.45) is 23.2 Å². The number of aromatic nitrogens is 4. The fourth-order valence-electron chi connectivity index (χ4n) is 8.00. The highest BCUT2D eigenvalue weighted by molar-refractivity contribution is 7.99. The van der Waals surface area contributed by atoms with Gasteiger partial charge in [-0.25, -0.2) is 4.98 Å². The molecular formula is C32H36N6O2S2. The molecule has 0 radical (unpaired) electrons. The number of fused-ring (bicyclic) bond motifs is 1. The van der Waals surface area contributed by atoms with Crippen LogP contribution in [0, 0.1) is 30.1 Å². The zero-order valence-electron chi connectivity index (χ0n) is 24.1. The Morgan fingerprint density at radius 3 is 2.48 bits per heavy atom. The molecule has 4 fully saturated rings. The number of nitrogens with one attached hydrogen (secondary N) is 2. The van der Waals surface area contributed by atoms with E-state index in [4.69, 9.17) is 0 Å². The van der Waals surface area contributed by atoms with Gasteiger partial charge in [-0.15, -0.1) is 10.2 Å². The number of benzene rings is 2. The Bertz CT molecular complexity index is 1590. The highest BCUT2D eigenvalue weighted by atomic mass is 32.2. The van der Waals surface area contributed by atoms with Crippen molar-refractivity contribution in [2.45, 2.75) is 70.5 Å². The van der Waals surface area contributed by atoms with Gasteiger partial charge in [0.2, 0.25) is 11.8 Å². The number of aryl methyl sites for hydroxylation is 2. The van der Waals surface area contributed by atoms with E-state index in [2.05, 4.69) is 57.9 Å². The van der Waals surface area contributed by atoms with E-state index in [0.717, 1.165) is 47.2 Å². The first-order chi connectivity index (χ1) is 20.4. The maximum absolute atomic E-state index is 13.7. The number of anilines is 1. The summed E-state index contributed by atoms with van der Waals surface area (Å²) in [5, 5.41) is 16.5. The second kappa shape index (κ2) is 11.1. The van der Waals surface area contributed by atoms with Gasteiger partial charge >= 0.3 is 0 Å². The molecule has 0 saturated heterocycles. The second-order valence-corrected chi connectivity index (χ2v) is 14.3. The van der Waals surface area contributed by atoms with Gasteiger partial charge in [-0.1, -0.05) is 60.4 Å². The molecule has 42 heavy (non-hydrogen) atoms. The van der Waals surface area contributed by atoms with E-state index in [9.17, 15) is 9.59 Å². The molecule has 2 aromatic carbocycles. The number of hydrogen-bond donors (Lipinski definition) is 2. The lowest BCUT2D eigenvalue weighted by molar-refractivity contribution is -0.146. The van der Waals surface area contributed by atoms with Crippen LogP contribution in [0.2, 0.25) is 0 Å². The standard InChI is InChI=1S/C32H36N6O2S2/c1-3-23-8-6-7-19(2)28(23)38-26(17-33-29(40)32-14-20-11-21(15-32)13-22(12-20)16-32)36-37-31(38)41-18-27(39)35-30-34-24-9-4-5-10-25(24)42-30/h4-10,20-22H,3,11-18H2,1-2H3,(H,33,40)(H,34,35,39). The molecule has 2 heterocycles. The molecule has 2 aromatic heterocycles. The number of para-hydroxylation sites is 2. The number of thiazole rings is 1. The first kappa shape index (κ1) is 27.6. The maximum atomic E-state index is 13.7. The lowest BCUT2D eigenvalue weighted by Gasteiger charge is -2.55. The van der Waals surface area contributed by atoms with Crippen LogP contribution < -0.4 is 10.6 Å². The zero-order valence-corrected chi connectivity index (χ0v) is 25.7. The molecule has 8 rings (SSSR count). The Morgan fingerprint density at radius 1 is 1.02 bits per heavy atom. The lowest BCUT2D eigenvalue weighted by Crippen LogP contribution is -2.53. The number of carbonyl (C=O) groups is 2. The summed E-state index contributed by atoms with van der Waals surface area (Å²) in [6.07, 6.45) is 7.85. The third-order valence-electron chi connectivity index (χ3n) is 9.43. The molecule has 4 aromatic rings. The third-order valence-corrected chi connectivity index (χ3v) is 11.3. The summed E-state index contributed by atoms with van der Waals surface area (Å²) in [4.78, 5) is 31.2. The number of carbonyl (C=O) groups excluding carboxylic acids is 2. The minimum atomic E-state index is -0.215. The van der Waals surface area contributed by atoms with Crippen LogP contribution in [-0.2, 0) is 22.6 Å². The van der Waals surface area contributed by atoms with Gasteiger partial charge in [-0.2, -0.15) is 0 Å². The third kappa shape index (κ3) is 5.13.